The van der Waals surface area contributed by atoms with Gasteiger partial charge in [0.2, 0.25) is 0 Å². The van der Waals surface area contributed by atoms with Crippen molar-refractivity contribution in [3.8, 4) is 5.75 Å². The Labute approximate surface area is 140 Å². The molecule has 6 heteroatoms. The standard InChI is InChI=1S/C18H19FN2O3/c1-21(2)17(22)12-24-16-10-6-4-8-14(16)18(23)20-11-13-7-3-5-9-15(13)19/h3-10H,11-12H2,1-2H3,(H,20,23). The van der Waals surface area contributed by atoms with Crippen LogP contribution >= 0.6 is 0 Å². The fraction of sp³-hybridized carbons (Fsp3) is 0.222. The van der Waals surface area contributed by atoms with E-state index in [-0.39, 0.29) is 24.9 Å². The van der Waals surface area contributed by atoms with Gasteiger partial charge < -0.3 is 15.0 Å². The third-order valence-corrected chi connectivity index (χ3v) is 3.38. The third kappa shape index (κ3) is 4.55. The fourth-order valence-electron chi connectivity index (χ4n) is 1.96. The average molecular weight is 330 g/mol. The molecule has 126 valence electrons. The maximum Gasteiger partial charge on any atom is 0.259 e. The summed E-state index contributed by atoms with van der Waals surface area (Å²) in [5.74, 6) is -0.680. The summed E-state index contributed by atoms with van der Waals surface area (Å²) in [5, 5.41) is 2.65. The highest BCUT2D eigenvalue weighted by atomic mass is 19.1. The van der Waals surface area contributed by atoms with Crippen molar-refractivity contribution in [1.82, 2.24) is 10.2 Å². The van der Waals surface area contributed by atoms with Gasteiger partial charge in [-0.3, -0.25) is 9.59 Å². The molecule has 0 atom stereocenters. The minimum absolute atomic E-state index is 0.0659. The van der Waals surface area contributed by atoms with E-state index >= 15 is 0 Å². The zero-order chi connectivity index (χ0) is 17.5. The Morgan fingerprint density at radius 2 is 1.75 bits per heavy atom. The van der Waals surface area contributed by atoms with Crippen molar-refractivity contribution in [2.24, 2.45) is 0 Å². The molecule has 0 aliphatic carbocycles. The lowest BCUT2D eigenvalue weighted by Crippen LogP contribution is -2.28. The molecule has 2 amide bonds. The SMILES string of the molecule is CN(C)C(=O)COc1ccccc1C(=O)NCc1ccccc1F. The molecule has 5 nitrogen and oxygen atoms in total. The zero-order valence-electron chi connectivity index (χ0n) is 13.6. The van der Waals surface area contributed by atoms with Crippen molar-refractivity contribution in [3.63, 3.8) is 0 Å². The second-order valence-electron chi connectivity index (χ2n) is 5.35. The van der Waals surface area contributed by atoms with Gasteiger partial charge in [-0.2, -0.15) is 0 Å². The van der Waals surface area contributed by atoms with Gasteiger partial charge in [0.25, 0.3) is 11.8 Å². The van der Waals surface area contributed by atoms with Gasteiger partial charge in [0.1, 0.15) is 11.6 Å². The van der Waals surface area contributed by atoms with Gasteiger partial charge in [-0.15, -0.1) is 0 Å². The molecule has 0 aromatic heterocycles. The largest absolute Gasteiger partial charge is 0.483 e. The molecule has 2 rings (SSSR count). The summed E-state index contributed by atoms with van der Waals surface area (Å²) in [5.41, 5.74) is 0.687. The minimum atomic E-state index is -0.397. The monoisotopic (exact) mass is 330 g/mol. The van der Waals surface area contributed by atoms with Crippen LogP contribution in [0, 0.1) is 5.82 Å². The van der Waals surface area contributed by atoms with E-state index in [9.17, 15) is 14.0 Å². The zero-order valence-corrected chi connectivity index (χ0v) is 13.6. The van der Waals surface area contributed by atoms with Gasteiger partial charge in [0.15, 0.2) is 6.61 Å². The number of carbonyl (C=O) groups excluding carboxylic acids is 2. The second kappa shape index (κ2) is 8.10. The van der Waals surface area contributed by atoms with Gasteiger partial charge in [0, 0.05) is 26.2 Å². The molecule has 0 heterocycles. The number of likely N-dealkylation sites (N-methyl/N-ethyl adjacent to an activating group) is 1. The highest BCUT2D eigenvalue weighted by Gasteiger charge is 2.14. The van der Waals surface area contributed by atoms with E-state index in [1.54, 1.807) is 56.6 Å². The Bertz CT molecular complexity index is 732. The Balaban J connectivity index is 2.04. The lowest BCUT2D eigenvalue weighted by Gasteiger charge is -2.14. The smallest absolute Gasteiger partial charge is 0.259 e. The highest BCUT2D eigenvalue weighted by molar-refractivity contribution is 5.97. The Morgan fingerprint density at radius 3 is 2.46 bits per heavy atom. The number of rotatable bonds is 6. The number of ether oxygens (including phenoxy) is 1. The van der Waals surface area contributed by atoms with E-state index in [4.69, 9.17) is 4.74 Å². The lowest BCUT2D eigenvalue weighted by molar-refractivity contribution is -0.130. The lowest BCUT2D eigenvalue weighted by atomic mass is 10.1. The van der Waals surface area contributed by atoms with Crippen LogP contribution in [0.5, 0.6) is 5.75 Å². The number of halogens is 1. The highest BCUT2D eigenvalue weighted by Crippen LogP contribution is 2.18. The molecule has 0 fully saturated rings. The number of hydrogen-bond donors (Lipinski definition) is 1. The predicted molar refractivity (Wildman–Crippen MR) is 88.2 cm³/mol. The molecule has 0 bridgehead atoms. The second-order valence-corrected chi connectivity index (χ2v) is 5.35. The quantitative estimate of drug-likeness (QED) is 0.883. The number of benzene rings is 2. The van der Waals surface area contributed by atoms with E-state index in [1.165, 1.54) is 11.0 Å². The van der Waals surface area contributed by atoms with Crippen molar-refractivity contribution in [1.29, 1.82) is 0 Å². The first-order valence-electron chi connectivity index (χ1n) is 7.42. The summed E-state index contributed by atoms with van der Waals surface area (Å²) in [6.45, 7) is -0.0962. The van der Waals surface area contributed by atoms with Crippen molar-refractivity contribution >= 4 is 11.8 Å². The number of nitrogens with one attached hydrogen (secondary N) is 1. The molecular formula is C18H19FN2O3. The Kier molecular flexibility index (Phi) is 5.89. The van der Waals surface area contributed by atoms with Crippen LogP contribution in [0.25, 0.3) is 0 Å². The van der Waals surface area contributed by atoms with Gasteiger partial charge in [0.05, 0.1) is 5.56 Å². The first-order chi connectivity index (χ1) is 11.5. The van der Waals surface area contributed by atoms with Crippen LogP contribution in [0.4, 0.5) is 4.39 Å². The van der Waals surface area contributed by atoms with E-state index in [0.717, 1.165) is 0 Å². The van der Waals surface area contributed by atoms with E-state index < -0.39 is 5.91 Å². The van der Waals surface area contributed by atoms with E-state index in [2.05, 4.69) is 5.32 Å². The fourth-order valence-corrected chi connectivity index (χ4v) is 1.96. The van der Waals surface area contributed by atoms with Crippen LogP contribution < -0.4 is 10.1 Å². The molecule has 0 spiro atoms. The molecule has 0 unspecified atom stereocenters. The predicted octanol–water partition coefficient (Wildman–Crippen LogP) is 2.22. The van der Waals surface area contributed by atoms with Crippen molar-refractivity contribution < 1.29 is 18.7 Å². The maximum atomic E-state index is 13.6. The molecular weight excluding hydrogens is 311 g/mol. The summed E-state index contributed by atoms with van der Waals surface area (Å²) in [7, 11) is 3.25. The first-order valence-corrected chi connectivity index (χ1v) is 7.42. The molecule has 0 radical (unpaired) electrons. The molecule has 2 aromatic rings. The van der Waals surface area contributed by atoms with Crippen LogP contribution in [0.3, 0.4) is 0 Å². The number of hydrogen-bond acceptors (Lipinski definition) is 3. The molecule has 0 saturated heterocycles. The molecule has 1 N–H and O–H groups in total. The molecule has 24 heavy (non-hydrogen) atoms. The summed E-state index contributed by atoms with van der Waals surface area (Å²) in [4.78, 5) is 25.3. The van der Waals surface area contributed by atoms with Crippen LogP contribution in [0.1, 0.15) is 15.9 Å². The van der Waals surface area contributed by atoms with Gasteiger partial charge in [-0.05, 0) is 18.2 Å². The van der Waals surface area contributed by atoms with Gasteiger partial charge in [-0.1, -0.05) is 30.3 Å². The number of amides is 2. The normalized spacial score (nSPS) is 10.1. The average Bonchev–Trinajstić information content (AvgIpc) is 2.58. The van der Waals surface area contributed by atoms with Crippen LogP contribution in [0.15, 0.2) is 48.5 Å². The van der Waals surface area contributed by atoms with Crippen molar-refractivity contribution in [3.05, 3.63) is 65.5 Å². The van der Waals surface area contributed by atoms with Crippen LogP contribution in [-0.2, 0) is 11.3 Å². The van der Waals surface area contributed by atoms with Crippen molar-refractivity contribution in [2.45, 2.75) is 6.54 Å². The van der Waals surface area contributed by atoms with Gasteiger partial charge in [-0.25, -0.2) is 4.39 Å². The number of nitrogens with zero attached hydrogens (tertiary/aromatic N) is 1. The van der Waals surface area contributed by atoms with E-state index in [1.807, 2.05) is 0 Å². The molecule has 0 aliphatic rings. The molecule has 0 aliphatic heterocycles. The third-order valence-electron chi connectivity index (χ3n) is 3.38. The van der Waals surface area contributed by atoms with Crippen LogP contribution in [-0.4, -0.2) is 37.4 Å². The topological polar surface area (TPSA) is 58.6 Å². The Hall–Kier alpha value is -2.89. The first kappa shape index (κ1) is 17.5. The number of para-hydroxylation sites is 1. The summed E-state index contributed by atoms with van der Waals surface area (Å²) < 4.78 is 19.0. The molecule has 2 aromatic carbocycles. The molecule has 0 saturated carbocycles. The number of carbonyl (C=O) groups is 2. The maximum absolute atomic E-state index is 13.6. The summed E-state index contributed by atoms with van der Waals surface area (Å²) in [6.07, 6.45) is 0. The summed E-state index contributed by atoms with van der Waals surface area (Å²) in [6, 6.07) is 12.8. The van der Waals surface area contributed by atoms with Crippen LogP contribution in [0.2, 0.25) is 0 Å². The van der Waals surface area contributed by atoms with Gasteiger partial charge >= 0.3 is 0 Å². The van der Waals surface area contributed by atoms with E-state index in [0.29, 0.717) is 16.9 Å². The Morgan fingerprint density at radius 1 is 1.08 bits per heavy atom. The summed E-state index contributed by atoms with van der Waals surface area (Å²) >= 11 is 0. The van der Waals surface area contributed by atoms with Crippen molar-refractivity contribution in [2.75, 3.05) is 20.7 Å². The minimum Gasteiger partial charge on any atom is -0.483 e.